The van der Waals surface area contributed by atoms with Crippen LogP contribution in [0.25, 0.3) is 11.1 Å². The van der Waals surface area contributed by atoms with Crippen molar-refractivity contribution in [3.05, 3.63) is 59.7 Å². The van der Waals surface area contributed by atoms with Crippen LogP contribution in [-0.2, 0) is 33.3 Å². The fourth-order valence-corrected chi connectivity index (χ4v) is 6.66. The van der Waals surface area contributed by atoms with Crippen LogP contribution >= 0.6 is 0 Å². The topological polar surface area (TPSA) is 182 Å². The van der Waals surface area contributed by atoms with Crippen molar-refractivity contribution in [2.45, 2.75) is 31.6 Å². The highest BCUT2D eigenvalue weighted by atomic mass is 16.6. The van der Waals surface area contributed by atoms with Gasteiger partial charge in [0.25, 0.3) is 0 Å². The molecule has 1 unspecified atom stereocenters. The van der Waals surface area contributed by atoms with E-state index in [0.717, 1.165) is 47.9 Å². The van der Waals surface area contributed by atoms with E-state index in [2.05, 4.69) is 38.4 Å². The number of fused-ring (bicyclic) bond motifs is 4. The zero-order valence-electron chi connectivity index (χ0n) is 29.2. The van der Waals surface area contributed by atoms with Crippen molar-refractivity contribution in [3.8, 4) is 23.0 Å². The highest BCUT2D eigenvalue weighted by Crippen LogP contribution is 2.52. The molecule has 14 heteroatoms. The SMILES string of the molecule is O=C(CNC(=O)CNC(=O)CNC(=O)OCC1c2ccccc2-c2ccccc21)NCCOCCOCCNC(=O)OCC1[C@H]2CCC#CCC[C@@H]12. The van der Waals surface area contributed by atoms with E-state index in [9.17, 15) is 24.0 Å². The average molecular weight is 718 g/mol. The summed E-state index contributed by atoms with van der Waals surface area (Å²) in [6, 6.07) is 15.9. The number of benzene rings is 2. The van der Waals surface area contributed by atoms with Crippen LogP contribution in [0.3, 0.4) is 0 Å². The summed E-state index contributed by atoms with van der Waals surface area (Å²) < 4.78 is 21.6. The molecule has 0 saturated heterocycles. The first kappa shape index (κ1) is 38.1. The number of hydrogen-bond donors (Lipinski definition) is 5. The molecule has 0 spiro atoms. The van der Waals surface area contributed by atoms with E-state index < -0.39 is 29.9 Å². The number of nitrogens with one attached hydrogen (secondary N) is 5. The molecule has 5 N–H and O–H groups in total. The number of amides is 5. The molecule has 5 amide bonds. The number of ether oxygens (including phenoxy) is 4. The Kier molecular flexibility index (Phi) is 14.7. The molecule has 1 saturated carbocycles. The second-order valence-corrected chi connectivity index (χ2v) is 12.8. The van der Waals surface area contributed by atoms with E-state index >= 15 is 0 Å². The summed E-state index contributed by atoms with van der Waals surface area (Å²) in [5.41, 5.74) is 4.37. The number of hydrogen-bond acceptors (Lipinski definition) is 9. The molecule has 52 heavy (non-hydrogen) atoms. The van der Waals surface area contributed by atoms with Crippen molar-refractivity contribution in [1.82, 2.24) is 26.6 Å². The predicted octanol–water partition coefficient (Wildman–Crippen LogP) is 2.07. The van der Waals surface area contributed by atoms with Crippen LogP contribution in [0.1, 0.15) is 42.7 Å². The van der Waals surface area contributed by atoms with Crippen molar-refractivity contribution in [2.24, 2.45) is 17.8 Å². The molecule has 0 aromatic heterocycles. The lowest BCUT2D eigenvalue weighted by Gasteiger charge is -2.14. The molecule has 14 nitrogen and oxygen atoms in total. The molecule has 0 radical (unpaired) electrons. The fraction of sp³-hybridized carbons (Fsp3) is 0.500. The number of carbonyl (C=O) groups excluding carboxylic acids is 5. The molecule has 3 atom stereocenters. The van der Waals surface area contributed by atoms with Crippen molar-refractivity contribution in [3.63, 3.8) is 0 Å². The third kappa shape index (κ3) is 11.7. The Labute approximate surface area is 303 Å². The second kappa shape index (κ2) is 20.0. The monoisotopic (exact) mass is 717 g/mol. The van der Waals surface area contributed by atoms with Crippen LogP contribution in [0, 0.1) is 29.6 Å². The van der Waals surface area contributed by atoms with Gasteiger partial charge in [0.15, 0.2) is 0 Å². The van der Waals surface area contributed by atoms with Gasteiger partial charge in [-0.3, -0.25) is 14.4 Å². The lowest BCUT2D eigenvalue weighted by Crippen LogP contribution is -2.44. The molecule has 3 aliphatic rings. The summed E-state index contributed by atoms with van der Waals surface area (Å²) in [5, 5.41) is 12.5. The molecule has 278 valence electrons. The second-order valence-electron chi connectivity index (χ2n) is 12.8. The zero-order valence-corrected chi connectivity index (χ0v) is 29.2. The molecule has 3 aliphatic carbocycles. The van der Waals surface area contributed by atoms with Crippen LogP contribution in [0.2, 0.25) is 0 Å². The van der Waals surface area contributed by atoms with Gasteiger partial charge in [-0.25, -0.2) is 9.59 Å². The van der Waals surface area contributed by atoms with E-state index in [1.165, 1.54) is 0 Å². The van der Waals surface area contributed by atoms with E-state index in [1.54, 1.807) is 0 Å². The Morgan fingerprint density at radius 2 is 1.06 bits per heavy atom. The average Bonchev–Trinajstić information content (AvgIpc) is 3.68. The number of rotatable bonds is 19. The minimum absolute atomic E-state index is 0.105. The van der Waals surface area contributed by atoms with Gasteiger partial charge in [-0.05, 0) is 52.8 Å². The van der Waals surface area contributed by atoms with Gasteiger partial charge in [0, 0.05) is 31.8 Å². The Hall–Kier alpha value is -5.13. The molecule has 2 aromatic carbocycles. The Morgan fingerprint density at radius 3 is 1.65 bits per heavy atom. The highest BCUT2D eigenvalue weighted by Gasteiger charge is 2.49. The van der Waals surface area contributed by atoms with Crippen LogP contribution in [-0.4, -0.2) is 102 Å². The molecule has 0 bridgehead atoms. The largest absolute Gasteiger partial charge is 0.449 e. The smallest absolute Gasteiger partial charge is 0.407 e. The van der Waals surface area contributed by atoms with Crippen LogP contribution in [0.5, 0.6) is 0 Å². The molecule has 0 aliphatic heterocycles. The predicted molar refractivity (Wildman–Crippen MR) is 190 cm³/mol. The molecular formula is C38H47N5O9. The summed E-state index contributed by atoms with van der Waals surface area (Å²) in [5.74, 6) is 6.39. The summed E-state index contributed by atoms with van der Waals surface area (Å²) in [6.07, 6.45) is 2.86. The van der Waals surface area contributed by atoms with Gasteiger partial charge in [-0.15, -0.1) is 11.8 Å². The molecule has 5 rings (SSSR count). The lowest BCUT2D eigenvalue weighted by atomic mass is 9.98. The zero-order chi connectivity index (χ0) is 36.5. The Morgan fingerprint density at radius 1 is 0.577 bits per heavy atom. The first-order chi connectivity index (χ1) is 25.4. The van der Waals surface area contributed by atoms with Crippen LogP contribution in [0.4, 0.5) is 9.59 Å². The van der Waals surface area contributed by atoms with Gasteiger partial charge in [-0.2, -0.15) is 0 Å². The molecule has 2 aromatic rings. The van der Waals surface area contributed by atoms with Crippen molar-refractivity contribution < 1.29 is 42.9 Å². The number of carbonyl (C=O) groups is 5. The minimum atomic E-state index is -0.746. The Bertz CT molecular complexity index is 1560. The van der Waals surface area contributed by atoms with Gasteiger partial charge < -0.3 is 45.5 Å². The standard InChI is InChI=1S/C38H47N5O9/c44-34(39-15-17-49-19-20-50-18-16-40-37(47)51-24-33-30-9-3-1-2-4-10-31(30)33)21-41-35(45)22-42-36(46)23-43-38(48)52-25-32-28-13-7-5-11-26(28)27-12-6-8-14-29(27)32/h5-8,11-14,30-33H,3-4,9-10,15-25H2,(H,39,44)(H,40,47)(H,41,45)(H,42,46)(H,43,48)/t30-,31+,33?. The summed E-state index contributed by atoms with van der Waals surface area (Å²) in [7, 11) is 0. The van der Waals surface area contributed by atoms with Gasteiger partial charge in [-0.1, -0.05) is 48.5 Å². The Balaban J connectivity index is 0.800. The third-order valence-electron chi connectivity index (χ3n) is 9.33. The minimum Gasteiger partial charge on any atom is -0.449 e. The maximum atomic E-state index is 12.3. The van der Waals surface area contributed by atoms with E-state index in [4.69, 9.17) is 18.9 Å². The van der Waals surface area contributed by atoms with E-state index in [-0.39, 0.29) is 45.3 Å². The van der Waals surface area contributed by atoms with Crippen molar-refractivity contribution in [2.75, 3.05) is 72.4 Å². The van der Waals surface area contributed by atoms with Crippen LogP contribution < -0.4 is 26.6 Å². The summed E-state index contributed by atoms with van der Waals surface area (Å²) in [4.78, 5) is 60.4. The van der Waals surface area contributed by atoms with Crippen molar-refractivity contribution in [1.29, 1.82) is 0 Å². The van der Waals surface area contributed by atoms with Crippen LogP contribution in [0.15, 0.2) is 48.5 Å². The first-order valence-electron chi connectivity index (χ1n) is 17.8. The summed E-state index contributed by atoms with van der Waals surface area (Å²) >= 11 is 0. The maximum absolute atomic E-state index is 12.3. The van der Waals surface area contributed by atoms with Crippen molar-refractivity contribution >= 4 is 29.9 Å². The van der Waals surface area contributed by atoms with E-state index in [0.29, 0.717) is 50.7 Å². The third-order valence-corrected chi connectivity index (χ3v) is 9.33. The fourth-order valence-electron chi connectivity index (χ4n) is 6.66. The van der Waals surface area contributed by atoms with Gasteiger partial charge in [0.05, 0.1) is 46.1 Å². The number of alkyl carbamates (subject to hydrolysis) is 2. The molecular weight excluding hydrogens is 670 g/mol. The van der Waals surface area contributed by atoms with Gasteiger partial charge in [0.1, 0.15) is 13.2 Å². The van der Waals surface area contributed by atoms with E-state index in [1.807, 2.05) is 48.5 Å². The van der Waals surface area contributed by atoms with Gasteiger partial charge in [0.2, 0.25) is 17.7 Å². The summed E-state index contributed by atoms with van der Waals surface area (Å²) in [6.45, 7) is 1.29. The highest BCUT2D eigenvalue weighted by molar-refractivity contribution is 5.89. The van der Waals surface area contributed by atoms with Gasteiger partial charge >= 0.3 is 12.2 Å². The molecule has 0 heterocycles. The lowest BCUT2D eigenvalue weighted by molar-refractivity contribution is -0.127. The molecule has 1 fully saturated rings. The first-order valence-corrected chi connectivity index (χ1v) is 17.8. The quantitative estimate of drug-likeness (QED) is 0.107. The normalized spacial score (nSPS) is 18.0. The maximum Gasteiger partial charge on any atom is 0.407 e.